The van der Waals surface area contributed by atoms with Crippen LogP contribution in [0.4, 0.5) is 5.69 Å². The maximum absolute atomic E-state index is 13.0. The first-order chi connectivity index (χ1) is 14.4. The zero-order valence-corrected chi connectivity index (χ0v) is 17.4. The van der Waals surface area contributed by atoms with Gasteiger partial charge >= 0.3 is 0 Å². The number of aryl methyl sites for hydroxylation is 1. The molecule has 1 N–H and O–H groups in total. The Morgan fingerprint density at radius 2 is 1.63 bits per heavy atom. The summed E-state index contributed by atoms with van der Waals surface area (Å²) < 4.78 is 4.99. The van der Waals surface area contributed by atoms with Crippen LogP contribution in [0.2, 0.25) is 0 Å². The molecule has 0 saturated carbocycles. The van der Waals surface area contributed by atoms with E-state index >= 15 is 0 Å². The molecule has 0 unspecified atom stereocenters. The lowest BCUT2D eigenvalue weighted by atomic mass is 10.2. The molecule has 1 amide bonds. The average Bonchev–Trinajstić information content (AvgIpc) is 3.22. The normalized spacial score (nSPS) is 10.9. The second-order valence-electron chi connectivity index (χ2n) is 7.29. The Hall–Kier alpha value is -3.87. The van der Waals surface area contributed by atoms with Gasteiger partial charge in [-0.25, -0.2) is 9.36 Å². The number of nitrogens with zero attached hydrogens (tertiary/aromatic N) is 4. The molecule has 2 aromatic carbocycles. The van der Waals surface area contributed by atoms with Crippen LogP contribution in [-0.4, -0.2) is 25.1 Å². The van der Waals surface area contributed by atoms with Crippen molar-refractivity contribution in [3.8, 4) is 11.4 Å². The van der Waals surface area contributed by atoms with E-state index in [-0.39, 0.29) is 17.2 Å². The molecule has 2 heterocycles. The molecule has 0 fully saturated rings. The second-order valence-corrected chi connectivity index (χ2v) is 7.29. The number of hydrogen-bond acceptors (Lipinski definition) is 3. The smallest absolute Gasteiger partial charge is 0.295 e. The van der Waals surface area contributed by atoms with Crippen LogP contribution in [-0.2, 0) is 7.05 Å². The predicted molar refractivity (Wildman–Crippen MR) is 117 cm³/mol. The molecule has 4 aromatic rings. The summed E-state index contributed by atoms with van der Waals surface area (Å²) in [5, 5.41) is 7.17. The highest BCUT2D eigenvalue weighted by Crippen LogP contribution is 2.18. The van der Waals surface area contributed by atoms with Gasteiger partial charge in [0.2, 0.25) is 0 Å². The van der Waals surface area contributed by atoms with E-state index in [4.69, 9.17) is 0 Å². The minimum absolute atomic E-state index is 0.258. The van der Waals surface area contributed by atoms with Gasteiger partial charge in [-0.05, 0) is 50.6 Å². The van der Waals surface area contributed by atoms with Crippen LogP contribution in [0.1, 0.15) is 27.3 Å². The van der Waals surface area contributed by atoms with Crippen molar-refractivity contribution in [1.82, 2.24) is 19.1 Å². The maximum atomic E-state index is 13.0. The number of aromatic nitrogens is 4. The summed E-state index contributed by atoms with van der Waals surface area (Å²) in [4.78, 5) is 26.0. The molecule has 0 aliphatic carbocycles. The zero-order chi connectivity index (χ0) is 21.4. The molecular weight excluding hydrogens is 378 g/mol. The minimum Gasteiger partial charge on any atom is -0.316 e. The van der Waals surface area contributed by atoms with Gasteiger partial charge in [-0.15, -0.1) is 0 Å². The molecule has 4 rings (SSSR count). The van der Waals surface area contributed by atoms with Crippen molar-refractivity contribution < 1.29 is 4.79 Å². The van der Waals surface area contributed by atoms with E-state index in [1.165, 1.54) is 10.9 Å². The summed E-state index contributed by atoms with van der Waals surface area (Å²) in [7, 11) is 1.79. The van der Waals surface area contributed by atoms with E-state index in [0.717, 1.165) is 16.9 Å². The number of rotatable bonds is 4. The van der Waals surface area contributed by atoms with Crippen molar-refractivity contribution in [3.63, 3.8) is 0 Å². The molecule has 0 saturated heterocycles. The molecule has 0 bridgehead atoms. The van der Waals surface area contributed by atoms with Gasteiger partial charge in [-0.2, -0.15) is 5.10 Å². The van der Waals surface area contributed by atoms with Crippen LogP contribution >= 0.6 is 0 Å². The minimum atomic E-state index is -0.364. The van der Waals surface area contributed by atoms with E-state index in [9.17, 15) is 9.59 Å². The first-order valence-corrected chi connectivity index (χ1v) is 9.65. The van der Waals surface area contributed by atoms with Gasteiger partial charge in [-0.3, -0.25) is 14.3 Å². The predicted octanol–water partition coefficient (Wildman–Crippen LogP) is 3.54. The Morgan fingerprint density at radius 1 is 0.933 bits per heavy atom. The molecule has 0 atom stereocenters. The van der Waals surface area contributed by atoms with Crippen LogP contribution in [0.25, 0.3) is 11.4 Å². The highest BCUT2D eigenvalue weighted by atomic mass is 16.2. The van der Waals surface area contributed by atoms with Crippen LogP contribution in [0.3, 0.4) is 0 Å². The molecule has 152 valence electrons. The molecule has 30 heavy (non-hydrogen) atoms. The molecule has 0 aliphatic rings. The number of anilines is 1. The van der Waals surface area contributed by atoms with E-state index < -0.39 is 0 Å². The fourth-order valence-corrected chi connectivity index (χ4v) is 3.55. The van der Waals surface area contributed by atoms with E-state index in [2.05, 4.69) is 10.4 Å². The van der Waals surface area contributed by atoms with Gasteiger partial charge in [0.1, 0.15) is 5.69 Å². The summed E-state index contributed by atoms with van der Waals surface area (Å²) in [5.74, 6) is -0.364. The number of amides is 1. The van der Waals surface area contributed by atoms with Gasteiger partial charge in [-0.1, -0.05) is 30.3 Å². The zero-order valence-electron chi connectivity index (χ0n) is 17.4. The molecule has 0 radical (unpaired) electrons. The van der Waals surface area contributed by atoms with Crippen molar-refractivity contribution in [2.24, 2.45) is 7.05 Å². The highest BCUT2D eigenvalue weighted by Gasteiger charge is 2.21. The third-order valence-corrected chi connectivity index (χ3v) is 5.29. The number of para-hydroxylation sites is 1. The Morgan fingerprint density at radius 3 is 2.33 bits per heavy atom. The van der Waals surface area contributed by atoms with Gasteiger partial charge in [0.15, 0.2) is 0 Å². The first-order valence-electron chi connectivity index (χ1n) is 9.65. The van der Waals surface area contributed by atoms with Gasteiger partial charge < -0.3 is 5.32 Å². The van der Waals surface area contributed by atoms with Gasteiger partial charge in [0, 0.05) is 7.05 Å². The van der Waals surface area contributed by atoms with Crippen LogP contribution in [0, 0.1) is 20.8 Å². The van der Waals surface area contributed by atoms with Crippen LogP contribution in [0.5, 0.6) is 0 Å². The van der Waals surface area contributed by atoms with E-state index in [1.54, 1.807) is 23.3 Å². The maximum Gasteiger partial charge on any atom is 0.295 e. The Kier molecular flexibility index (Phi) is 4.87. The summed E-state index contributed by atoms with van der Waals surface area (Å²) in [6, 6.07) is 17.2. The number of nitrogens with one attached hydrogen (secondary N) is 1. The Labute approximate surface area is 174 Å². The van der Waals surface area contributed by atoms with Crippen molar-refractivity contribution in [1.29, 1.82) is 0 Å². The van der Waals surface area contributed by atoms with E-state index in [1.807, 2.05) is 68.4 Å². The second kappa shape index (κ2) is 7.51. The topological polar surface area (TPSA) is 73.8 Å². The van der Waals surface area contributed by atoms with Crippen LogP contribution in [0.15, 0.2) is 65.6 Å². The van der Waals surface area contributed by atoms with Crippen LogP contribution < -0.4 is 10.9 Å². The third-order valence-electron chi connectivity index (χ3n) is 5.29. The number of carbonyl (C=O) groups excluding carboxylic acids is 1. The fourth-order valence-electron chi connectivity index (χ4n) is 3.55. The summed E-state index contributed by atoms with van der Waals surface area (Å²) in [6.07, 6.45) is 1.53. The van der Waals surface area contributed by atoms with Crippen molar-refractivity contribution in [3.05, 3.63) is 93.7 Å². The molecule has 2 aromatic heterocycles. The molecule has 0 spiro atoms. The SMILES string of the molecule is Cc1cccc(-n2ncc(C(=O)Nc3c(C)n(C)n(-c4ccccc4)c3=O)c2C)c1. The molecule has 0 aliphatic heterocycles. The summed E-state index contributed by atoms with van der Waals surface area (Å²) in [5.41, 5.74) is 4.49. The van der Waals surface area contributed by atoms with Crippen molar-refractivity contribution in [2.75, 3.05) is 5.32 Å². The van der Waals surface area contributed by atoms with Gasteiger partial charge in [0.25, 0.3) is 11.5 Å². The lowest BCUT2D eigenvalue weighted by Crippen LogP contribution is -2.23. The number of benzene rings is 2. The monoisotopic (exact) mass is 401 g/mol. The number of hydrogen-bond donors (Lipinski definition) is 1. The highest BCUT2D eigenvalue weighted by molar-refractivity contribution is 6.05. The quantitative estimate of drug-likeness (QED) is 0.568. The Bertz CT molecular complexity index is 1300. The molecule has 7 nitrogen and oxygen atoms in total. The van der Waals surface area contributed by atoms with Gasteiger partial charge in [0.05, 0.1) is 34.5 Å². The largest absolute Gasteiger partial charge is 0.316 e. The van der Waals surface area contributed by atoms with E-state index in [0.29, 0.717) is 17.0 Å². The summed E-state index contributed by atoms with van der Waals surface area (Å²) in [6.45, 7) is 5.65. The first kappa shape index (κ1) is 19.4. The van der Waals surface area contributed by atoms with Crippen molar-refractivity contribution in [2.45, 2.75) is 20.8 Å². The lowest BCUT2D eigenvalue weighted by molar-refractivity contribution is 0.102. The lowest BCUT2D eigenvalue weighted by Gasteiger charge is -2.07. The molecule has 7 heteroatoms. The average molecular weight is 401 g/mol. The third kappa shape index (κ3) is 3.24. The Balaban J connectivity index is 1.68. The standard InChI is InChI=1S/C23H23N5O2/c1-15-9-8-12-19(13-15)27-16(2)20(14-24-27)22(29)25-21-17(3)26(4)28(23(21)30)18-10-6-5-7-11-18/h5-14H,1-4H3,(H,25,29). The summed E-state index contributed by atoms with van der Waals surface area (Å²) >= 11 is 0. The fraction of sp³-hybridized carbons (Fsp3) is 0.174. The molecular formula is C23H23N5O2. The van der Waals surface area contributed by atoms with Crippen molar-refractivity contribution >= 4 is 11.6 Å². The number of carbonyl (C=O) groups is 1.